The highest BCUT2D eigenvalue weighted by Gasteiger charge is 2.08. The predicted molar refractivity (Wildman–Crippen MR) is 73.6 cm³/mol. The number of nitrogens with zero attached hydrogens (tertiary/aromatic N) is 1. The number of carbonyl (C=O) groups excluding carboxylic acids is 1. The number of Topliss-reactive ketones (excluding diaryl/α,β-unsaturated/α-hetero) is 1. The number of nitrogens with two attached hydrogens (primary N) is 1. The van der Waals surface area contributed by atoms with Crippen LogP contribution in [0.4, 0.5) is 11.4 Å². The van der Waals surface area contributed by atoms with Gasteiger partial charge in [-0.1, -0.05) is 13.8 Å². The maximum atomic E-state index is 11.4. The highest BCUT2D eigenvalue weighted by molar-refractivity contribution is 6.00. The number of rotatable bonds is 5. The number of hydrogen-bond donors (Lipinski definition) is 1. The van der Waals surface area contributed by atoms with E-state index in [4.69, 9.17) is 5.73 Å². The monoisotopic (exact) mass is 234 g/mol. The van der Waals surface area contributed by atoms with Gasteiger partial charge in [-0.15, -0.1) is 0 Å². The van der Waals surface area contributed by atoms with Crippen molar-refractivity contribution >= 4 is 17.2 Å². The standard InChI is InChI=1S/C14H22N2O/c1-10(2)7-8-16(4)12-5-6-14(15)13(9-12)11(3)17/h5-6,9-10H,7-8,15H2,1-4H3. The minimum absolute atomic E-state index is 0.0154. The smallest absolute Gasteiger partial charge is 0.161 e. The van der Waals surface area contributed by atoms with Crippen LogP contribution < -0.4 is 10.6 Å². The molecule has 0 aliphatic carbocycles. The Balaban J connectivity index is 2.84. The summed E-state index contributed by atoms with van der Waals surface area (Å²) in [6, 6.07) is 5.64. The topological polar surface area (TPSA) is 46.3 Å². The fourth-order valence-corrected chi connectivity index (χ4v) is 1.67. The van der Waals surface area contributed by atoms with Crippen molar-refractivity contribution in [2.75, 3.05) is 24.2 Å². The first-order chi connectivity index (χ1) is 7.91. The molecule has 0 saturated carbocycles. The molecule has 0 heterocycles. The van der Waals surface area contributed by atoms with E-state index >= 15 is 0 Å². The Bertz CT molecular complexity index is 399. The fourth-order valence-electron chi connectivity index (χ4n) is 1.67. The van der Waals surface area contributed by atoms with Crippen molar-refractivity contribution in [3.63, 3.8) is 0 Å². The third-order valence-corrected chi connectivity index (χ3v) is 2.90. The molecule has 0 spiro atoms. The molecule has 94 valence electrons. The largest absolute Gasteiger partial charge is 0.398 e. The van der Waals surface area contributed by atoms with Gasteiger partial charge in [0.15, 0.2) is 5.78 Å². The lowest BCUT2D eigenvalue weighted by atomic mass is 10.1. The third kappa shape index (κ3) is 3.77. The van der Waals surface area contributed by atoms with E-state index in [0.29, 0.717) is 17.2 Å². The van der Waals surface area contributed by atoms with Crippen LogP contribution in [-0.4, -0.2) is 19.4 Å². The Morgan fingerprint density at radius 1 is 1.41 bits per heavy atom. The van der Waals surface area contributed by atoms with Gasteiger partial charge in [-0.3, -0.25) is 4.79 Å². The van der Waals surface area contributed by atoms with E-state index in [1.165, 1.54) is 0 Å². The van der Waals surface area contributed by atoms with Gasteiger partial charge in [0.2, 0.25) is 0 Å². The molecule has 0 unspecified atom stereocenters. The van der Waals surface area contributed by atoms with Gasteiger partial charge in [0, 0.05) is 30.5 Å². The molecule has 1 aromatic carbocycles. The molecule has 0 bridgehead atoms. The van der Waals surface area contributed by atoms with E-state index in [9.17, 15) is 4.79 Å². The second-order valence-corrected chi connectivity index (χ2v) is 4.93. The van der Waals surface area contributed by atoms with Crippen LogP contribution in [0.25, 0.3) is 0 Å². The zero-order chi connectivity index (χ0) is 13.0. The minimum Gasteiger partial charge on any atom is -0.398 e. The zero-order valence-electron chi connectivity index (χ0n) is 11.2. The van der Waals surface area contributed by atoms with Gasteiger partial charge in [-0.2, -0.15) is 0 Å². The fraction of sp³-hybridized carbons (Fsp3) is 0.500. The van der Waals surface area contributed by atoms with Crippen molar-refractivity contribution < 1.29 is 4.79 Å². The van der Waals surface area contributed by atoms with Crippen LogP contribution in [0.1, 0.15) is 37.6 Å². The van der Waals surface area contributed by atoms with Crippen LogP contribution in [-0.2, 0) is 0 Å². The first-order valence-corrected chi connectivity index (χ1v) is 6.03. The lowest BCUT2D eigenvalue weighted by molar-refractivity contribution is 0.101. The van der Waals surface area contributed by atoms with E-state index in [1.54, 1.807) is 13.0 Å². The Hall–Kier alpha value is -1.51. The van der Waals surface area contributed by atoms with Crippen LogP contribution in [0.3, 0.4) is 0 Å². The molecule has 0 aliphatic rings. The zero-order valence-corrected chi connectivity index (χ0v) is 11.2. The van der Waals surface area contributed by atoms with Gasteiger partial charge in [0.25, 0.3) is 0 Å². The summed E-state index contributed by atoms with van der Waals surface area (Å²) < 4.78 is 0. The summed E-state index contributed by atoms with van der Waals surface area (Å²) in [4.78, 5) is 13.6. The average molecular weight is 234 g/mol. The van der Waals surface area contributed by atoms with E-state index < -0.39 is 0 Å². The second kappa shape index (κ2) is 5.71. The van der Waals surface area contributed by atoms with Gasteiger partial charge in [-0.25, -0.2) is 0 Å². The SMILES string of the molecule is CC(=O)c1cc(N(C)CCC(C)C)ccc1N. The van der Waals surface area contributed by atoms with E-state index in [1.807, 2.05) is 19.2 Å². The van der Waals surface area contributed by atoms with Crippen molar-refractivity contribution in [2.24, 2.45) is 5.92 Å². The van der Waals surface area contributed by atoms with Gasteiger partial charge in [0.05, 0.1) is 0 Å². The number of carbonyl (C=O) groups is 1. The molecule has 1 rings (SSSR count). The van der Waals surface area contributed by atoms with E-state index in [2.05, 4.69) is 18.7 Å². The van der Waals surface area contributed by atoms with Crippen LogP contribution in [0, 0.1) is 5.92 Å². The molecule has 0 radical (unpaired) electrons. The molecule has 0 amide bonds. The number of nitrogen functional groups attached to an aromatic ring is 1. The lowest BCUT2D eigenvalue weighted by Gasteiger charge is -2.21. The molecule has 3 nitrogen and oxygen atoms in total. The molecular formula is C14H22N2O. The average Bonchev–Trinajstić information content (AvgIpc) is 2.26. The number of hydrogen-bond acceptors (Lipinski definition) is 3. The van der Waals surface area contributed by atoms with Crippen LogP contribution in [0.2, 0.25) is 0 Å². The van der Waals surface area contributed by atoms with Crippen molar-refractivity contribution in [2.45, 2.75) is 27.2 Å². The van der Waals surface area contributed by atoms with Crippen LogP contribution in [0.15, 0.2) is 18.2 Å². The van der Waals surface area contributed by atoms with Crippen LogP contribution in [0.5, 0.6) is 0 Å². The molecule has 0 aromatic heterocycles. The Labute approximate surface area is 104 Å². The molecular weight excluding hydrogens is 212 g/mol. The molecule has 3 heteroatoms. The first kappa shape index (κ1) is 13.6. The maximum Gasteiger partial charge on any atom is 0.161 e. The predicted octanol–water partition coefficient (Wildman–Crippen LogP) is 2.95. The van der Waals surface area contributed by atoms with E-state index in [0.717, 1.165) is 18.7 Å². The van der Waals surface area contributed by atoms with Crippen LogP contribution >= 0.6 is 0 Å². The molecule has 0 saturated heterocycles. The number of ketones is 1. The number of benzene rings is 1. The Morgan fingerprint density at radius 2 is 2.06 bits per heavy atom. The first-order valence-electron chi connectivity index (χ1n) is 6.03. The summed E-state index contributed by atoms with van der Waals surface area (Å²) >= 11 is 0. The molecule has 1 aromatic rings. The third-order valence-electron chi connectivity index (χ3n) is 2.90. The molecule has 0 fully saturated rings. The van der Waals surface area contributed by atoms with Crippen molar-refractivity contribution in [3.05, 3.63) is 23.8 Å². The Kier molecular flexibility index (Phi) is 4.55. The molecule has 2 N–H and O–H groups in total. The van der Waals surface area contributed by atoms with Gasteiger partial charge in [0.1, 0.15) is 0 Å². The normalized spacial score (nSPS) is 10.6. The summed E-state index contributed by atoms with van der Waals surface area (Å²) in [6.45, 7) is 6.94. The summed E-state index contributed by atoms with van der Waals surface area (Å²) in [5, 5.41) is 0. The molecule has 0 aliphatic heterocycles. The quantitative estimate of drug-likeness (QED) is 0.629. The van der Waals surface area contributed by atoms with Crippen molar-refractivity contribution in [1.29, 1.82) is 0 Å². The Morgan fingerprint density at radius 3 is 2.59 bits per heavy atom. The second-order valence-electron chi connectivity index (χ2n) is 4.93. The highest BCUT2D eigenvalue weighted by atomic mass is 16.1. The van der Waals surface area contributed by atoms with E-state index in [-0.39, 0.29) is 5.78 Å². The van der Waals surface area contributed by atoms with Crippen molar-refractivity contribution in [3.8, 4) is 0 Å². The summed E-state index contributed by atoms with van der Waals surface area (Å²) in [6.07, 6.45) is 1.14. The van der Waals surface area contributed by atoms with Gasteiger partial charge in [-0.05, 0) is 37.5 Å². The van der Waals surface area contributed by atoms with Gasteiger partial charge >= 0.3 is 0 Å². The van der Waals surface area contributed by atoms with Crippen molar-refractivity contribution in [1.82, 2.24) is 0 Å². The maximum absolute atomic E-state index is 11.4. The molecule has 0 atom stereocenters. The summed E-state index contributed by atoms with van der Waals surface area (Å²) in [5.74, 6) is 0.695. The lowest BCUT2D eigenvalue weighted by Crippen LogP contribution is -2.20. The summed E-state index contributed by atoms with van der Waals surface area (Å²) in [7, 11) is 2.04. The minimum atomic E-state index is 0.0154. The highest BCUT2D eigenvalue weighted by Crippen LogP contribution is 2.21. The van der Waals surface area contributed by atoms with Gasteiger partial charge < -0.3 is 10.6 Å². The summed E-state index contributed by atoms with van der Waals surface area (Å²) in [5.41, 5.74) is 7.98. The molecule has 17 heavy (non-hydrogen) atoms. The number of anilines is 2.